The van der Waals surface area contributed by atoms with Crippen molar-refractivity contribution in [1.29, 1.82) is 0 Å². The van der Waals surface area contributed by atoms with E-state index in [9.17, 15) is 4.39 Å². The second kappa shape index (κ2) is 4.39. The highest BCUT2D eigenvalue weighted by molar-refractivity contribution is 9.10. The van der Waals surface area contributed by atoms with Gasteiger partial charge in [-0.3, -0.25) is 4.57 Å². The van der Waals surface area contributed by atoms with Crippen LogP contribution in [0.5, 0.6) is 0 Å². The first kappa shape index (κ1) is 11.7. The van der Waals surface area contributed by atoms with E-state index >= 15 is 0 Å². The van der Waals surface area contributed by atoms with Gasteiger partial charge in [0.1, 0.15) is 5.82 Å². The first-order valence-corrected chi connectivity index (χ1v) is 6.70. The minimum atomic E-state index is -0.243. The summed E-state index contributed by atoms with van der Waals surface area (Å²) < 4.78 is 15.9. The fourth-order valence-corrected chi connectivity index (χ4v) is 2.24. The number of hydrogen-bond donors (Lipinski definition) is 1. The number of nitrogens with one attached hydrogen (secondary N) is 1. The van der Waals surface area contributed by atoms with Crippen molar-refractivity contribution >= 4 is 21.9 Å². The molecule has 18 heavy (non-hydrogen) atoms. The predicted octanol–water partition coefficient (Wildman–Crippen LogP) is 3.66. The van der Waals surface area contributed by atoms with Gasteiger partial charge >= 0.3 is 0 Å². The molecule has 0 saturated heterocycles. The lowest BCUT2D eigenvalue weighted by Crippen LogP contribution is -2.08. The van der Waals surface area contributed by atoms with Crippen LogP contribution in [-0.4, -0.2) is 15.6 Å². The van der Waals surface area contributed by atoms with Crippen LogP contribution in [0.3, 0.4) is 0 Å². The zero-order chi connectivity index (χ0) is 12.7. The predicted molar refractivity (Wildman–Crippen MR) is 72.6 cm³/mol. The average molecular weight is 310 g/mol. The summed E-state index contributed by atoms with van der Waals surface area (Å²) in [4.78, 5) is 4.31. The number of anilines is 1. The Hall–Kier alpha value is -1.36. The van der Waals surface area contributed by atoms with Crippen LogP contribution in [-0.2, 0) is 0 Å². The van der Waals surface area contributed by atoms with Gasteiger partial charge in [-0.2, -0.15) is 0 Å². The first-order valence-electron chi connectivity index (χ1n) is 5.91. The maximum absolute atomic E-state index is 13.4. The fourth-order valence-electron chi connectivity index (χ4n) is 1.91. The molecule has 94 valence electrons. The number of aryl methyl sites for hydroxylation is 1. The van der Waals surface area contributed by atoms with Gasteiger partial charge in [-0.05, 0) is 53.4 Å². The molecule has 2 aromatic rings. The molecule has 1 aliphatic rings. The van der Waals surface area contributed by atoms with Crippen molar-refractivity contribution in [3.05, 3.63) is 40.4 Å². The molecule has 1 N–H and O–H groups in total. The van der Waals surface area contributed by atoms with E-state index in [1.165, 1.54) is 18.9 Å². The molecule has 0 amide bonds. The summed E-state index contributed by atoms with van der Waals surface area (Å²) in [5, 5.41) is 3.37. The van der Waals surface area contributed by atoms with Crippen LogP contribution in [0.15, 0.2) is 29.0 Å². The molecule has 0 radical (unpaired) electrons. The van der Waals surface area contributed by atoms with Crippen molar-refractivity contribution < 1.29 is 4.39 Å². The Morgan fingerprint density at radius 1 is 1.44 bits per heavy atom. The smallest absolute Gasteiger partial charge is 0.207 e. The van der Waals surface area contributed by atoms with Gasteiger partial charge < -0.3 is 5.32 Å². The van der Waals surface area contributed by atoms with Gasteiger partial charge in [0, 0.05) is 18.4 Å². The maximum Gasteiger partial charge on any atom is 0.207 e. The quantitative estimate of drug-likeness (QED) is 0.937. The van der Waals surface area contributed by atoms with E-state index in [0.29, 0.717) is 10.5 Å². The van der Waals surface area contributed by atoms with Crippen LogP contribution in [0.25, 0.3) is 5.69 Å². The Morgan fingerprint density at radius 3 is 2.94 bits per heavy atom. The van der Waals surface area contributed by atoms with Crippen LogP contribution >= 0.6 is 15.9 Å². The topological polar surface area (TPSA) is 29.9 Å². The van der Waals surface area contributed by atoms with Crippen LogP contribution in [0.4, 0.5) is 10.3 Å². The second-order valence-electron chi connectivity index (χ2n) is 4.59. The number of nitrogens with zero attached hydrogens (tertiary/aromatic N) is 2. The minimum Gasteiger partial charge on any atom is -0.353 e. The SMILES string of the molecule is Cc1cc(F)c(Br)cc1-n1ccnc1NC1CC1. The Morgan fingerprint density at radius 2 is 2.22 bits per heavy atom. The van der Waals surface area contributed by atoms with E-state index in [1.54, 1.807) is 12.3 Å². The Balaban J connectivity index is 2.03. The van der Waals surface area contributed by atoms with Gasteiger partial charge in [-0.1, -0.05) is 0 Å². The van der Waals surface area contributed by atoms with Crippen molar-refractivity contribution in [3.63, 3.8) is 0 Å². The molecule has 3 nitrogen and oxygen atoms in total. The highest BCUT2D eigenvalue weighted by Gasteiger charge is 2.23. The molecule has 1 saturated carbocycles. The molecule has 0 unspecified atom stereocenters. The molecule has 1 fully saturated rings. The summed E-state index contributed by atoms with van der Waals surface area (Å²) in [6.45, 7) is 1.89. The zero-order valence-electron chi connectivity index (χ0n) is 9.95. The van der Waals surface area contributed by atoms with Crippen LogP contribution < -0.4 is 5.32 Å². The molecule has 5 heteroatoms. The third-order valence-electron chi connectivity index (χ3n) is 3.05. The Labute approximate surface area is 113 Å². The van der Waals surface area contributed by atoms with Gasteiger partial charge in [-0.25, -0.2) is 9.37 Å². The molecule has 1 aromatic carbocycles. The molecular weight excluding hydrogens is 297 g/mol. The van der Waals surface area contributed by atoms with Crippen molar-refractivity contribution in [2.24, 2.45) is 0 Å². The lowest BCUT2D eigenvalue weighted by Gasteiger charge is -2.12. The summed E-state index contributed by atoms with van der Waals surface area (Å²) in [6.07, 6.45) is 6.02. The third kappa shape index (κ3) is 2.14. The van der Waals surface area contributed by atoms with E-state index in [2.05, 4.69) is 26.2 Å². The minimum absolute atomic E-state index is 0.243. The number of benzene rings is 1. The van der Waals surface area contributed by atoms with Gasteiger partial charge in [-0.15, -0.1) is 0 Å². The van der Waals surface area contributed by atoms with E-state index in [1.807, 2.05) is 17.7 Å². The molecule has 0 atom stereocenters. The number of halogens is 2. The highest BCUT2D eigenvalue weighted by atomic mass is 79.9. The van der Waals surface area contributed by atoms with Crippen LogP contribution in [0, 0.1) is 12.7 Å². The lowest BCUT2D eigenvalue weighted by molar-refractivity contribution is 0.619. The van der Waals surface area contributed by atoms with Crippen molar-refractivity contribution in [3.8, 4) is 5.69 Å². The number of imidazole rings is 1. The molecule has 1 heterocycles. The van der Waals surface area contributed by atoms with E-state index in [4.69, 9.17) is 0 Å². The van der Waals surface area contributed by atoms with Crippen molar-refractivity contribution in [2.75, 3.05) is 5.32 Å². The van der Waals surface area contributed by atoms with Gasteiger partial charge in [0.2, 0.25) is 5.95 Å². The lowest BCUT2D eigenvalue weighted by atomic mass is 10.2. The molecule has 0 spiro atoms. The fraction of sp³-hybridized carbons (Fsp3) is 0.308. The number of hydrogen-bond acceptors (Lipinski definition) is 2. The van der Waals surface area contributed by atoms with Gasteiger partial charge in [0.05, 0.1) is 10.2 Å². The molecule has 1 aromatic heterocycles. The van der Waals surface area contributed by atoms with E-state index in [-0.39, 0.29) is 5.82 Å². The number of rotatable bonds is 3. The molecule has 3 rings (SSSR count). The summed E-state index contributed by atoms with van der Waals surface area (Å²) in [5.41, 5.74) is 1.82. The summed E-state index contributed by atoms with van der Waals surface area (Å²) in [7, 11) is 0. The Bertz CT molecular complexity index is 590. The van der Waals surface area contributed by atoms with Crippen LogP contribution in [0.1, 0.15) is 18.4 Å². The maximum atomic E-state index is 13.4. The zero-order valence-corrected chi connectivity index (χ0v) is 11.5. The molecule has 1 aliphatic carbocycles. The standard InChI is InChI=1S/C13H13BrFN3/c1-8-6-11(15)10(14)7-12(8)18-5-4-16-13(18)17-9-2-3-9/h4-7,9H,2-3H2,1H3,(H,16,17). The van der Waals surface area contributed by atoms with E-state index < -0.39 is 0 Å². The largest absolute Gasteiger partial charge is 0.353 e. The normalized spacial score (nSPS) is 14.8. The average Bonchev–Trinajstić information content (AvgIpc) is 3.02. The molecule has 0 aliphatic heterocycles. The Kier molecular flexibility index (Phi) is 2.86. The molecular formula is C13H13BrFN3. The van der Waals surface area contributed by atoms with Crippen molar-refractivity contribution in [1.82, 2.24) is 9.55 Å². The highest BCUT2D eigenvalue weighted by Crippen LogP contribution is 2.28. The van der Waals surface area contributed by atoms with Crippen molar-refractivity contribution in [2.45, 2.75) is 25.8 Å². The number of aromatic nitrogens is 2. The third-order valence-corrected chi connectivity index (χ3v) is 3.66. The monoisotopic (exact) mass is 309 g/mol. The summed E-state index contributed by atoms with van der Waals surface area (Å²) in [6, 6.07) is 3.85. The van der Waals surface area contributed by atoms with Gasteiger partial charge in [0.15, 0.2) is 0 Å². The van der Waals surface area contributed by atoms with E-state index in [0.717, 1.165) is 17.2 Å². The summed E-state index contributed by atoms with van der Waals surface area (Å²) >= 11 is 3.22. The first-order chi connectivity index (χ1) is 8.65. The summed E-state index contributed by atoms with van der Waals surface area (Å²) in [5.74, 6) is 0.576. The van der Waals surface area contributed by atoms with Gasteiger partial charge in [0.25, 0.3) is 0 Å². The second-order valence-corrected chi connectivity index (χ2v) is 5.45. The van der Waals surface area contributed by atoms with Crippen LogP contribution in [0.2, 0.25) is 0 Å². The molecule has 0 bridgehead atoms.